The third kappa shape index (κ3) is 3.45. The van der Waals surface area contributed by atoms with Crippen LogP contribution in [0.3, 0.4) is 0 Å². The number of ether oxygens (including phenoxy) is 1. The van der Waals surface area contributed by atoms with E-state index < -0.39 is 16.0 Å². The van der Waals surface area contributed by atoms with Crippen molar-refractivity contribution in [1.29, 1.82) is 0 Å². The highest BCUT2D eigenvalue weighted by molar-refractivity contribution is 7.89. The van der Waals surface area contributed by atoms with Crippen LogP contribution in [0.25, 0.3) is 0 Å². The molecule has 2 atom stereocenters. The zero-order chi connectivity index (χ0) is 15.6. The molecule has 0 bridgehead atoms. The van der Waals surface area contributed by atoms with Crippen LogP contribution in [0.5, 0.6) is 0 Å². The molecule has 21 heavy (non-hydrogen) atoms. The summed E-state index contributed by atoms with van der Waals surface area (Å²) >= 11 is 1.07. The molecule has 1 aliphatic carbocycles. The van der Waals surface area contributed by atoms with Gasteiger partial charge in [0.1, 0.15) is 9.77 Å². The van der Waals surface area contributed by atoms with Crippen molar-refractivity contribution < 1.29 is 17.9 Å². The third-order valence-corrected chi connectivity index (χ3v) is 6.57. The number of methoxy groups -OCH3 is 1. The first-order chi connectivity index (χ1) is 9.86. The van der Waals surface area contributed by atoms with Crippen LogP contribution >= 0.6 is 11.3 Å². The summed E-state index contributed by atoms with van der Waals surface area (Å²) in [5.74, 6) is -0.638. The van der Waals surface area contributed by atoms with Crippen molar-refractivity contribution in [2.75, 3.05) is 7.11 Å². The van der Waals surface area contributed by atoms with Crippen LogP contribution in [0.4, 0.5) is 0 Å². The molecule has 8 heteroatoms. The smallest absolute Gasteiger partial charge is 0.349 e. The molecule has 1 heterocycles. The van der Waals surface area contributed by atoms with Gasteiger partial charge in [-0.15, -0.1) is 11.3 Å². The van der Waals surface area contributed by atoms with E-state index in [0.29, 0.717) is 5.56 Å². The fourth-order valence-corrected chi connectivity index (χ4v) is 5.59. The molecule has 3 N–H and O–H groups in total. The zero-order valence-electron chi connectivity index (χ0n) is 12.1. The lowest BCUT2D eigenvalue weighted by molar-refractivity contribution is 0.0602. The van der Waals surface area contributed by atoms with Crippen molar-refractivity contribution in [2.24, 2.45) is 5.73 Å². The van der Waals surface area contributed by atoms with Crippen LogP contribution < -0.4 is 10.5 Å². The fourth-order valence-electron chi connectivity index (χ4n) is 2.56. The number of thiophene rings is 1. The van der Waals surface area contributed by atoms with Crippen LogP contribution in [0.1, 0.15) is 40.9 Å². The van der Waals surface area contributed by atoms with Gasteiger partial charge in [-0.05, 0) is 30.7 Å². The molecule has 0 radical (unpaired) electrons. The van der Waals surface area contributed by atoms with Crippen LogP contribution in [-0.2, 0) is 14.8 Å². The average molecular weight is 332 g/mol. The number of aryl methyl sites for hydroxylation is 1. The summed E-state index contributed by atoms with van der Waals surface area (Å²) in [5, 5.41) is 1.64. The highest BCUT2D eigenvalue weighted by Crippen LogP contribution is 2.28. The molecule has 1 aliphatic rings. The predicted octanol–water partition coefficient (Wildman–Crippen LogP) is 1.39. The maximum absolute atomic E-state index is 12.6. The number of rotatable bonds is 4. The highest BCUT2D eigenvalue weighted by atomic mass is 32.2. The first-order valence-corrected chi connectivity index (χ1v) is 9.17. The lowest BCUT2D eigenvalue weighted by Gasteiger charge is -2.29. The summed E-state index contributed by atoms with van der Waals surface area (Å²) < 4.78 is 32.5. The molecule has 1 aromatic heterocycles. The van der Waals surface area contributed by atoms with E-state index in [9.17, 15) is 13.2 Å². The number of carbonyl (C=O) groups is 1. The van der Waals surface area contributed by atoms with Crippen LogP contribution in [0, 0.1) is 6.92 Å². The van der Waals surface area contributed by atoms with Gasteiger partial charge < -0.3 is 10.5 Å². The molecule has 0 aliphatic heterocycles. The Kier molecular flexibility index (Phi) is 5.03. The van der Waals surface area contributed by atoms with E-state index in [1.54, 1.807) is 12.3 Å². The van der Waals surface area contributed by atoms with Crippen LogP contribution in [-0.4, -0.2) is 33.6 Å². The van der Waals surface area contributed by atoms with Crippen molar-refractivity contribution >= 4 is 27.3 Å². The lowest BCUT2D eigenvalue weighted by Crippen LogP contribution is -2.49. The fraction of sp³-hybridized carbons (Fsp3) is 0.615. The summed E-state index contributed by atoms with van der Waals surface area (Å²) in [6, 6.07) is -0.470. The normalized spacial score (nSPS) is 23.0. The molecule has 1 saturated carbocycles. The van der Waals surface area contributed by atoms with Gasteiger partial charge in [0.05, 0.1) is 7.11 Å². The van der Waals surface area contributed by atoms with Crippen molar-refractivity contribution in [1.82, 2.24) is 4.72 Å². The topological polar surface area (TPSA) is 98.5 Å². The zero-order valence-corrected chi connectivity index (χ0v) is 13.7. The standard InChI is InChI=1S/C13H20N2O4S2/c1-8-7-20-11(13(16)19-2)12(8)21(17,18)15-10-6-4-3-5-9(10)14/h7,9-10,15H,3-6,14H2,1-2H3. The second-order valence-corrected chi connectivity index (χ2v) is 7.78. The minimum Gasteiger partial charge on any atom is -0.465 e. The van der Waals surface area contributed by atoms with E-state index in [0.717, 1.165) is 37.0 Å². The van der Waals surface area contributed by atoms with E-state index in [1.807, 2.05) is 0 Å². The van der Waals surface area contributed by atoms with Gasteiger partial charge in [-0.3, -0.25) is 0 Å². The molecular formula is C13H20N2O4S2. The third-order valence-electron chi connectivity index (χ3n) is 3.68. The molecular weight excluding hydrogens is 312 g/mol. The second-order valence-electron chi connectivity index (χ2n) is 5.24. The molecule has 1 aromatic rings. The Bertz CT molecular complexity index is 624. The number of hydrogen-bond donors (Lipinski definition) is 2. The monoisotopic (exact) mass is 332 g/mol. The SMILES string of the molecule is COC(=O)c1scc(C)c1S(=O)(=O)NC1CCCCC1N. The summed E-state index contributed by atoms with van der Waals surface area (Å²) in [6.45, 7) is 1.66. The number of sulfonamides is 1. The highest BCUT2D eigenvalue weighted by Gasteiger charge is 2.32. The van der Waals surface area contributed by atoms with Crippen molar-refractivity contribution in [3.63, 3.8) is 0 Å². The molecule has 2 unspecified atom stereocenters. The van der Waals surface area contributed by atoms with Crippen LogP contribution in [0.15, 0.2) is 10.3 Å². The second kappa shape index (κ2) is 6.43. The Morgan fingerprint density at radius 2 is 2.10 bits per heavy atom. The Hall–Kier alpha value is -0.960. The van der Waals surface area contributed by atoms with E-state index in [4.69, 9.17) is 5.73 Å². The van der Waals surface area contributed by atoms with Crippen molar-refractivity contribution in [3.05, 3.63) is 15.8 Å². The molecule has 0 spiro atoms. The van der Waals surface area contributed by atoms with Gasteiger partial charge in [0.2, 0.25) is 10.0 Å². The maximum Gasteiger partial charge on any atom is 0.349 e. The summed E-state index contributed by atoms with van der Waals surface area (Å²) in [5.41, 5.74) is 6.52. The molecule has 0 amide bonds. The van der Waals surface area contributed by atoms with Gasteiger partial charge >= 0.3 is 5.97 Å². The molecule has 6 nitrogen and oxygen atoms in total. The number of hydrogen-bond acceptors (Lipinski definition) is 6. The molecule has 118 valence electrons. The van der Waals surface area contributed by atoms with Gasteiger partial charge in [0, 0.05) is 12.1 Å². The molecule has 2 rings (SSSR count). The average Bonchev–Trinajstić information content (AvgIpc) is 2.83. The number of nitrogens with one attached hydrogen (secondary N) is 1. The Labute approximate surface area is 128 Å². The first-order valence-electron chi connectivity index (χ1n) is 6.81. The van der Waals surface area contributed by atoms with Crippen molar-refractivity contribution in [2.45, 2.75) is 49.6 Å². The van der Waals surface area contributed by atoms with Gasteiger partial charge in [0.15, 0.2) is 0 Å². The Balaban J connectivity index is 2.31. The van der Waals surface area contributed by atoms with Crippen molar-refractivity contribution in [3.8, 4) is 0 Å². The van der Waals surface area contributed by atoms with Crippen LogP contribution in [0.2, 0.25) is 0 Å². The van der Waals surface area contributed by atoms with E-state index >= 15 is 0 Å². The summed E-state index contributed by atoms with van der Waals surface area (Å²) in [7, 11) is -2.55. The Morgan fingerprint density at radius 1 is 1.43 bits per heavy atom. The van der Waals surface area contributed by atoms with Gasteiger partial charge in [-0.1, -0.05) is 12.8 Å². The lowest BCUT2D eigenvalue weighted by atomic mass is 9.92. The predicted molar refractivity (Wildman–Crippen MR) is 80.9 cm³/mol. The minimum absolute atomic E-state index is 0.0112. The summed E-state index contributed by atoms with van der Waals surface area (Å²) in [6.07, 6.45) is 3.49. The van der Waals surface area contributed by atoms with E-state index in [-0.39, 0.29) is 21.9 Å². The first kappa shape index (κ1) is 16.4. The minimum atomic E-state index is -3.79. The van der Waals surface area contributed by atoms with E-state index in [2.05, 4.69) is 9.46 Å². The molecule has 1 fully saturated rings. The number of nitrogens with two attached hydrogens (primary N) is 1. The van der Waals surface area contributed by atoms with Gasteiger partial charge in [-0.25, -0.2) is 17.9 Å². The van der Waals surface area contributed by atoms with Gasteiger partial charge in [0.25, 0.3) is 0 Å². The molecule has 0 aromatic carbocycles. The Morgan fingerprint density at radius 3 is 2.71 bits per heavy atom. The summed E-state index contributed by atoms with van der Waals surface area (Å²) in [4.78, 5) is 11.8. The number of carbonyl (C=O) groups excluding carboxylic acids is 1. The van der Waals surface area contributed by atoms with Gasteiger partial charge in [-0.2, -0.15) is 0 Å². The van der Waals surface area contributed by atoms with E-state index in [1.165, 1.54) is 7.11 Å². The largest absolute Gasteiger partial charge is 0.465 e. The quantitative estimate of drug-likeness (QED) is 0.812. The molecule has 0 saturated heterocycles. The maximum atomic E-state index is 12.6. The number of esters is 1.